The first-order chi connectivity index (χ1) is 8.43. The van der Waals surface area contributed by atoms with Crippen LogP contribution in [-0.2, 0) is 0 Å². The fraction of sp³-hybridized carbons (Fsp3) is 0.615. The number of hydrogen-bond donors (Lipinski definition) is 2. The monoisotopic (exact) mass is 249 g/mol. The molecule has 0 saturated heterocycles. The van der Waals surface area contributed by atoms with Crippen molar-refractivity contribution in [2.45, 2.75) is 40.0 Å². The summed E-state index contributed by atoms with van der Waals surface area (Å²) in [6, 6.07) is 0. The van der Waals surface area contributed by atoms with Gasteiger partial charge < -0.3 is 10.4 Å². The Morgan fingerprint density at radius 3 is 2.56 bits per heavy atom. The van der Waals surface area contributed by atoms with Gasteiger partial charge in [-0.2, -0.15) is 5.10 Å². The maximum atomic E-state index is 11.3. The van der Waals surface area contributed by atoms with Crippen LogP contribution in [0, 0.1) is 19.3 Å². The Bertz CT molecular complexity index is 481. The Labute approximate surface area is 107 Å². The molecule has 1 heterocycles. The number of aromatic nitrogens is 2. The summed E-state index contributed by atoms with van der Waals surface area (Å²) in [5, 5.41) is 20.4. The normalized spacial score (nSPS) is 17.1. The van der Waals surface area contributed by atoms with Crippen molar-refractivity contribution in [1.82, 2.24) is 10.2 Å². The molecule has 1 saturated carbocycles. The number of aromatic carboxylic acids is 1. The summed E-state index contributed by atoms with van der Waals surface area (Å²) in [4.78, 5) is 11.3. The van der Waals surface area contributed by atoms with Crippen molar-refractivity contribution >= 4 is 11.8 Å². The van der Waals surface area contributed by atoms with Gasteiger partial charge >= 0.3 is 5.97 Å². The van der Waals surface area contributed by atoms with E-state index in [-0.39, 0.29) is 11.0 Å². The van der Waals surface area contributed by atoms with Gasteiger partial charge in [0.15, 0.2) is 5.82 Å². The molecule has 0 radical (unpaired) electrons. The van der Waals surface area contributed by atoms with Gasteiger partial charge in [-0.15, -0.1) is 5.10 Å². The molecule has 5 nitrogen and oxygen atoms in total. The standard InChI is InChI=1S/C13H19N3O2/c1-8-9(2)15-16-11(10(8)12(17)18)14-7-13(3)5-4-6-13/h4-7H2,1-3H3,(H,14,16)(H,17,18). The average Bonchev–Trinajstić information content (AvgIpc) is 2.27. The topological polar surface area (TPSA) is 75.1 Å². The third kappa shape index (κ3) is 2.30. The molecule has 0 atom stereocenters. The number of carbonyl (C=O) groups is 1. The van der Waals surface area contributed by atoms with Crippen LogP contribution in [-0.4, -0.2) is 27.8 Å². The smallest absolute Gasteiger partial charge is 0.339 e. The first-order valence-corrected chi connectivity index (χ1v) is 6.24. The van der Waals surface area contributed by atoms with Gasteiger partial charge in [-0.3, -0.25) is 0 Å². The number of rotatable bonds is 4. The second kappa shape index (κ2) is 4.55. The highest BCUT2D eigenvalue weighted by Crippen LogP contribution is 2.40. The van der Waals surface area contributed by atoms with Gasteiger partial charge in [0.05, 0.1) is 5.69 Å². The summed E-state index contributed by atoms with van der Waals surface area (Å²) in [6.45, 7) is 6.50. The lowest BCUT2D eigenvalue weighted by molar-refractivity contribution is 0.0696. The van der Waals surface area contributed by atoms with Gasteiger partial charge in [-0.05, 0) is 37.7 Å². The summed E-state index contributed by atoms with van der Waals surface area (Å²) >= 11 is 0. The van der Waals surface area contributed by atoms with Crippen LogP contribution in [0.2, 0.25) is 0 Å². The summed E-state index contributed by atoms with van der Waals surface area (Å²) in [5.41, 5.74) is 1.85. The van der Waals surface area contributed by atoms with Crippen molar-refractivity contribution in [2.75, 3.05) is 11.9 Å². The van der Waals surface area contributed by atoms with Gasteiger partial charge in [0.1, 0.15) is 5.56 Å². The van der Waals surface area contributed by atoms with E-state index in [1.165, 1.54) is 19.3 Å². The molecule has 1 aromatic heterocycles. The molecule has 2 N–H and O–H groups in total. The maximum Gasteiger partial charge on any atom is 0.339 e. The largest absolute Gasteiger partial charge is 0.478 e. The Balaban J connectivity index is 2.21. The molecule has 1 fully saturated rings. The van der Waals surface area contributed by atoms with Crippen LogP contribution in [0.1, 0.15) is 47.8 Å². The molecule has 0 aromatic carbocycles. The zero-order valence-electron chi connectivity index (χ0n) is 11.1. The van der Waals surface area contributed by atoms with E-state index < -0.39 is 5.97 Å². The summed E-state index contributed by atoms with van der Waals surface area (Å²) in [5.74, 6) is -0.564. The van der Waals surface area contributed by atoms with Crippen LogP contribution in [0.25, 0.3) is 0 Å². The Hall–Kier alpha value is -1.65. The van der Waals surface area contributed by atoms with Crippen LogP contribution in [0.5, 0.6) is 0 Å². The molecule has 1 aliphatic carbocycles. The molecule has 0 aliphatic heterocycles. The van der Waals surface area contributed by atoms with Crippen molar-refractivity contribution in [3.8, 4) is 0 Å². The zero-order valence-corrected chi connectivity index (χ0v) is 11.1. The van der Waals surface area contributed by atoms with Crippen molar-refractivity contribution in [3.63, 3.8) is 0 Å². The quantitative estimate of drug-likeness (QED) is 0.857. The average molecular weight is 249 g/mol. The molecular formula is C13H19N3O2. The first-order valence-electron chi connectivity index (χ1n) is 6.24. The van der Waals surface area contributed by atoms with Crippen LogP contribution in [0.4, 0.5) is 5.82 Å². The number of aryl methyl sites for hydroxylation is 1. The maximum absolute atomic E-state index is 11.3. The molecular weight excluding hydrogens is 230 g/mol. The molecule has 1 aromatic rings. The Morgan fingerprint density at radius 2 is 2.06 bits per heavy atom. The minimum atomic E-state index is -0.952. The minimum absolute atomic E-state index is 0.241. The van der Waals surface area contributed by atoms with Crippen LogP contribution >= 0.6 is 0 Å². The molecule has 18 heavy (non-hydrogen) atoms. The van der Waals surface area contributed by atoms with Gasteiger partial charge in [0.2, 0.25) is 0 Å². The molecule has 0 amide bonds. The van der Waals surface area contributed by atoms with E-state index in [1.807, 2.05) is 0 Å². The number of anilines is 1. The van der Waals surface area contributed by atoms with E-state index in [1.54, 1.807) is 13.8 Å². The molecule has 5 heteroatoms. The summed E-state index contributed by atoms with van der Waals surface area (Å²) in [6.07, 6.45) is 3.62. The van der Waals surface area contributed by atoms with Crippen molar-refractivity contribution in [1.29, 1.82) is 0 Å². The number of nitrogens with one attached hydrogen (secondary N) is 1. The Morgan fingerprint density at radius 1 is 1.39 bits per heavy atom. The van der Waals surface area contributed by atoms with Crippen molar-refractivity contribution in [2.24, 2.45) is 5.41 Å². The molecule has 0 spiro atoms. The molecule has 1 aliphatic rings. The minimum Gasteiger partial charge on any atom is -0.478 e. The van der Waals surface area contributed by atoms with Gasteiger partial charge in [-0.25, -0.2) is 4.79 Å². The molecule has 0 bridgehead atoms. The second-order valence-electron chi connectivity index (χ2n) is 5.46. The van der Waals surface area contributed by atoms with Crippen LogP contribution in [0.15, 0.2) is 0 Å². The fourth-order valence-electron chi connectivity index (χ4n) is 2.25. The van der Waals surface area contributed by atoms with Crippen molar-refractivity contribution in [3.05, 3.63) is 16.8 Å². The molecule has 98 valence electrons. The van der Waals surface area contributed by atoms with Gasteiger partial charge in [0, 0.05) is 6.54 Å². The fourth-order valence-corrected chi connectivity index (χ4v) is 2.25. The zero-order chi connectivity index (χ0) is 13.3. The van der Waals surface area contributed by atoms with Gasteiger partial charge in [0.25, 0.3) is 0 Å². The third-order valence-electron chi connectivity index (χ3n) is 3.91. The number of carboxylic acids is 1. The second-order valence-corrected chi connectivity index (χ2v) is 5.46. The van der Waals surface area contributed by atoms with Crippen molar-refractivity contribution < 1.29 is 9.90 Å². The Kier molecular flexibility index (Phi) is 3.24. The molecule has 2 rings (SSSR count). The predicted octanol–water partition coefficient (Wildman–Crippen LogP) is 2.39. The highest BCUT2D eigenvalue weighted by Gasteiger charge is 2.32. The van der Waals surface area contributed by atoms with Crippen LogP contribution < -0.4 is 5.32 Å². The van der Waals surface area contributed by atoms with E-state index in [9.17, 15) is 9.90 Å². The summed E-state index contributed by atoms with van der Waals surface area (Å²) in [7, 11) is 0. The number of carboxylic acid groups (broad SMARTS) is 1. The summed E-state index contributed by atoms with van der Waals surface area (Å²) < 4.78 is 0. The SMILES string of the molecule is Cc1nnc(NCC2(C)CCC2)c(C(=O)O)c1C. The predicted molar refractivity (Wildman–Crippen MR) is 68.9 cm³/mol. The first kappa shape index (κ1) is 12.8. The lowest BCUT2D eigenvalue weighted by atomic mass is 9.70. The number of hydrogen-bond acceptors (Lipinski definition) is 4. The van der Waals surface area contributed by atoms with E-state index in [0.29, 0.717) is 17.1 Å². The van der Waals surface area contributed by atoms with E-state index >= 15 is 0 Å². The lowest BCUT2D eigenvalue weighted by Crippen LogP contribution is -2.34. The van der Waals surface area contributed by atoms with E-state index in [2.05, 4.69) is 22.4 Å². The highest BCUT2D eigenvalue weighted by molar-refractivity contribution is 5.94. The molecule has 0 unspecified atom stereocenters. The number of nitrogens with zero attached hydrogens (tertiary/aromatic N) is 2. The van der Waals surface area contributed by atoms with E-state index in [4.69, 9.17) is 0 Å². The third-order valence-corrected chi connectivity index (χ3v) is 3.91. The lowest BCUT2D eigenvalue weighted by Gasteiger charge is -2.38. The van der Waals surface area contributed by atoms with Gasteiger partial charge in [-0.1, -0.05) is 13.3 Å². The van der Waals surface area contributed by atoms with E-state index in [0.717, 1.165) is 6.54 Å². The highest BCUT2D eigenvalue weighted by atomic mass is 16.4. The van der Waals surface area contributed by atoms with Crippen LogP contribution in [0.3, 0.4) is 0 Å².